The number of ether oxygens (including phenoxy) is 1. The fourth-order valence-corrected chi connectivity index (χ4v) is 4.73. The largest absolute Gasteiger partial charge is 0.442 e. The lowest BCUT2D eigenvalue weighted by Gasteiger charge is -2.15. The SMILES string of the molecule is CC(=O)NCC1CN(c2ccc(-c3ccc(CNCCCc4cn(Cc5ccccc5)nn4)cc3)c(F)c2)C(=O)O1. The molecule has 1 atom stereocenters. The second-order valence-corrected chi connectivity index (χ2v) is 10.1. The Balaban J connectivity index is 1.07. The molecule has 1 fully saturated rings. The number of anilines is 1. The summed E-state index contributed by atoms with van der Waals surface area (Å²) in [6.07, 6.45) is 2.76. The lowest BCUT2D eigenvalue weighted by molar-refractivity contribution is -0.119. The second kappa shape index (κ2) is 13.2. The molecule has 41 heavy (non-hydrogen) atoms. The number of benzene rings is 3. The molecule has 2 heterocycles. The van der Waals surface area contributed by atoms with Crippen LogP contribution in [0.25, 0.3) is 11.1 Å². The number of nitrogens with one attached hydrogen (secondary N) is 2. The van der Waals surface area contributed by atoms with E-state index in [9.17, 15) is 9.59 Å². The van der Waals surface area contributed by atoms with Crippen LogP contribution in [0.1, 0.15) is 30.2 Å². The molecular weight excluding hydrogens is 523 g/mol. The Morgan fingerprint density at radius 1 is 1.07 bits per heavy atom. The van der Waals surface area contributed by atoms with Crippen molar-refractivity contribution < 1.29 is 18.7 Å². The first-order chi connectivity index (χ1) is 19.9. The summed E-state index contributed by atoms with van der Waals surface area (Å²) in [5, 5.41) is 14.6. The number of carbonyl (C=O) groups excluding carboxylic acids is 2. The summed E-state index contributed by atoms with van der Waals surface area (Å²) in [7, 11) is 0. The van der Waals surface area contributed by atoms with E-state index in [-0.39, 0.29) is 19.0 Å². The van der Waals surface area contributed by atoms with Gasteiger partial charge in [0.15, 0.2) is 0 Å². The zero-order chi connectivity index (χ0) is 28.6. The van der Waals surface area contributed by atoms with Gasteiger partial charge in [0.05, 0.1) is 31.0 Å². The van der Waals surface area contributed by atoms with Gasteiger partial charge in [-0.15, -0.1) is 5.10 Å². The molecular formula is C31H33FN6O3. The predicted octanol–water partition coefficient (Wildman–Crippen LogP) is 4.32. The van der Waals surface area contributed by atoms with Crippen LogP contribution in [0.5, 0.6) is 0 Å². The van der Waals surface area contributed by atoms with E-state index in [2.05, 4.69) is 33.1 Å². The predicted molar refractivity (Wildman–Crippen MR) is 154 cm³/mol. The van der Waals surface area contributed by atoms with E-state index >= 15 is 4.39 Å². The van der Waals surface area contributed by atoms with Crippen molar-refractivity contribution in [1.82, 2.24) is 25.6 Å². The molecule has 1 unspecified atom stereocenters. The zero-order valence-corrected chi connectivity index (χ0v) is 22.9. The fourth-order valence-electron chi connectivity index (χ4n) is 4.73. The van der Waals surface area contributed by atoms with Crippen molar-refractivity contribution in [2.45, 2.75) is 39.0 Å². The lowest BCUT2D eigenvalue weighted by Crippen LogP contribution is -2.33. The summed E-state index contributed by atoms with van der Waals surface area (Å²) < 4.78 is 22.2. The maximum absolute atomic E-state index is 15.0. The Morgan fingerprint density at radius 3 is 2.63 bits per heavy atom. The highest BCUT2D eigenvalue weighted by atomic mass is 19.1. The first kappa shape index (κ1) is 28.0. The van der Waals surface area contributed by atoms with Gasteiger partial charge in [0, 0.05) is 25.2 Å². The Labute approximate surface area is 238 Å². The van der Waals surface area contributed by atoms with Crippen LogP contribution < -0.4 is 15.5 Å². The molecule has 212 valence electrons. The molecule has 5 rings (SSSR count). The Hall–Kier alpha value is -4.57. The van der Waals surface area contributed by atoms with E-state index in [4.69, 9.17) is 4.74 Å². The number of halogens is 1. The van der Waals surface area contributed by atoms with Crippen molar-refractivity contribution in [3.63, 3.8) is 0 Å². The van der Waals surface area contributed by atoms with E-state index in [1.165, 1.54) is 23.5 Å². The summed E-state index contributed by atoms with van der Waals surface area (Å²) in [5.74, 6) is -0.624. The third-order valence-electron chi connectivity index (χ3n) is 6.87. The third kappa shape index (κ3) is 7.55. The van der Waals surface area contributed by atoms with E-state index in [1.807, 2.05) is 53.3 Å². The molecule has 2 N–H and O–H groups in total. The van der Waals surface area contributed by atoms with Crippen LogP contribution in [0.2, 0.25) is 0 Å². The summed E-state index contributed by atoms with van der Waals surface area (Å²) in [6, 6.07) is 22.7. The van der Waals surface area contributed by atoms with E-state index in [1.54, 1.807) is 12.1 Å². The first-order valence-electron chi connectivity index (χ1n) is 13.7. The minimum Gasteiger partial charge on any atom is -0.442 e. The summed E-state index contributed by atoms with van der Waals surface area (Å²) >= 11 is 0. The minimum absolute atomic E-state index is 0.201. The molecule has 0 bridgehead atoms. The lowest BCUT2D eigenvalue weighted by atomic mass is 10.0. The highest BCUT2D eigenvalue weighted by molar-refractivity contribution is 5.90. The number of cyclic esters (lactones) is 1. The monoisotopic (exact) mass is 556 g/mol. The normalized spacial score (nSPS) is 14.7. The van der Waals surface area contributed by atoms with Crippen molar-refractivity contribution in [3.05, 3.63) is 102 Å². The van der Waals surface area contributed by atoms with Gasteiger partial charge < -0.3 is 15.4 Å². The number of hydrogen-bond acceptors (Lipinski definition) is 6. The van der Waals surface area contributed by atoms with Crippen LogP contribution in [0.3, 0.4) is 0 Å². The Kier molecular flexibility index (Phi) is 9.00. The van der Waals surface area contributed by atoms with E-state index in [0.717, 1.165) is 36.2 Å². The first-order valence-corrected chi connectivity index (χ1v) is 13.7. The van der Waals surface area contributed by atoms with Crippen LogP contribution in [0.4, 0.5) is 14.9 Å². The van der Waals surface area contributed by atoms with Gasteiger partial charge in [-0.2, -0.15) is 0 Å². The van der Waals surface area contributed by atoms with Crippen molar-refractivity contribution in [3.8, 4) is 11.1 Å². The molecule has 3 aromatic carbocycles. The molecule has 9 nitrogen and oxygen atoms in total. The number of rotatable bonds is 12. The number of hydrogen-bond donors (Lipinski definition) is 2. The van der Waals surface area contributed by atoms with Crippen molar-refractivity contribution >= 4 is 17.7 Å². The second-order valence-electron chi connectivity index (χ2n) is 10.1. The summed E-state index contributed by atoms with van der Waals surface area (Å²) in [6.45, 7) is 4.12. The number of aryl methyl sites for hydroxylation is 1. The Morgan fingerprint density at radius 2 is 1.88 bits per heavy atom. The summed E-state index contributed by atoms with van der Waals surface area (Å²) in [4.78, 5) is 24.7. The van der Waals surface area contributed by atoms with Crippen LogP contribution in [0.15, 0.2) is 79.0 Å². The standard InChI is InChI=1S/C31H33FN6O3/c1-22(39)34-18-28-21-38(31(40)41-28)27-13-14-29(30(32)16-27)25-11-9-23(10-12-25)17-33-15-5-8-26-20-37(36-35-26)19-24-6-3-2-4-7-24/h2-4,6-7,9-14,16,20,28,33H,5,8,15,17-19,21H2,1H3,(H,34,39). The van der Waals surface area contributed by atoms with Gasteiger partial charge in [0.25, 0.3) is 0 Å². The fraction of sp³-hybridized carbons (Fsp3) is 0.290. The van der Waals surface area contributed by atoms with Crippen LogP contribution in [-0.4, -0.2) is 52.7 Å². The van der Waals surface area contributed by atoms with Gasteiger partial charge >= 0.3 is 6.09 Å². The average Bonchev–Trinajstić information content (AvgIpc) is 3.58. The number of nitrogens with zero attached hydrogens (tertiary/aromatic N) is 4. The third-order valence-corrected chi connectivity index (χ3v) is 6.87. The quantitative estimate of drug-likeness (QED) is 0.252. The Bertz CT molecular complexity index is 1470. The van der Waals surface area contributed by atoms with Gasteiger partial charge in [0.2, 0.25) is 5.91 Å². The van der Waals surface area contributed by atoms with Crippen molar-refractivity contribution in [1.29, 1.82) is 0 Å². The summed E-state index contributed by atoms with van der Waals surface area (Å²) in [5.41, 5.74) is 4.90. The molecule has 10 heteroatoms. The number of carbonyl (C=O) groups is 2. The molecule has 0 aliphatic carbocycles. The number of amides is 2. The van der Waals surface area contributed by atoms with Crippen LogP contribution in [-0.2, 0) is 29.0 Å². The van der Waals surface area contributed by atoms with Gasteiger partial charge in [-0.25, -0.2) is 13.9 Å². The molecule has 0 saturated carbocycles. The van der Waals surface area contributed by atoms with Gasteiger partial charge in [0.1, 0.15) is 11.9 Å². The van der Waals surface area contributed by atoms with Crippen molar-refractivity contribution in [2.24, 2.45) is 0 Å². The van der Waals surface area contributed by atoms with Crippen LogP contribution >= 0.6 is 0 Å². The zero-order valence-electron chi connectivity index (χ0n) is 22.9. The molecule has 1 aliphatic heterocycles. The van der Waals surface area contributed by atoms with E-state index in [0.29, 0.717) is 24.3 Å². The molecule has 1 aliphatic rings. The van der Waals surface area contributed by atoms with Crippen LogP contribution in [0, 0.1) is 5.82 Å². The molecule has 1 aromatic heterocycles. The highest BCUT2D eigenvalue weighted by Gasteiger charge is 2.32. The smallest absolute Gasteiger partial charge is 0.414 e. The maximum Gasteiger partial charge on any atom is 0.414 e. The molecule has 4 aromatic rings. The van der Waals surface area contributed by atoms with Gasteiger partial charge in [-0.3, -0.25) is 9.69 Å². The van der Waals surface area contributed by atoms with E-state index < -0.39 is 18.0 Å². The van der Waals surface area contributed by atoms with Crippen molar-refractivity contribution in [2.75, 3.05) is 24.5 Å². The van der Waals surface area contributed by atoms with Gasteiger partial charge in [-0.1, -0.05) is 59.8 Å². The van der Waals surface area contributed by atoms with Gasteiger partial charge in [-0.05, 0) is 54.3 Å². The highest BCUT2D eigenvalue weighted by Crippen LogP contribution is 2.29. The maximum atomic E-state index is 15.0. The minimum atomic E-state index is -0.557. The average molecular weight is 557 g/mol. The molecule has 1 saturated heterocycles. The molecule has 0 radical (unpaired) electrons. The molecule has 2 amide bonds. The number of aromatic nitrogens is 3. The topological polar surface area (TPSA) is 101 Å². The molecule has 0 spiro atoms.